The summed E-state index contributed by atoms with van der Waals surface area (Å²) in [7, 11) is -3.30. The second-order valence-electron chi connectivity index (χ2n) is 6.16. The molecule has 1 aliphatic heterocycles. The molecule has 1 saturated heterocycles. The summed E-state index contributed by atoms with van der Waals surface area (Å²) in [6, 6.07) is 8.45. The van der Waals surface area contributed by atoms with E-state index in [1.54, 1.807) is 36.4 Å². The van der Waals surface area contributed by atoms with E-state index in [2.05, 4.69) is 13.8 Å². The van der Waals surface area contributed by atoms with Gasteiger partial charge < -0.3 is 9.47 Å². The lowest BCUT2D eigenvalue weighted by molar-refractivity contribution is -0.202. The minimum atomic E-state index is -3.30. The fourth-order valence-electron chi connectivity index (χ4n) is 2.02. The zero-order valence-electron chi connectivity index (χ0n) is 12.7. The Kier molecular flexibility index (Phi) is 4.86. The largest absolute Gasteiger partial charge is 0.348 e. The van der Waals surface area contributed by atoms with Crippen LogP contribution in [0.15, 0.2) is 46.9 Å². The van der Waals surface area contributed by atoms with Crippen LogP contribution in [0.5, 0.6) is 0 Å². The Hall–Kier alpha value is -1.17. The van der Waals surface area contributed by atoms with Crippen LogP contribution in [0, 0.1) is 5.41 Å². The Balaban J connectivity index is 2.01. The van der Waals surface area contributed by atoms with Crippen LogP contribution in [-0.2, 0) is 19.3 Å². The topological polar surface area (TPSA) is 52.6 Å². The minimum Gasteiger partial charge on any atom is -0.348 e. The highest BCUT2D eigenvalue weighted by atomic mass is 32.2. The minimum absolute atomic E-state index is 0.00684. The second-order valence-corrected chi connectivity index (χ2v) is 8.19. The predicted molar refractivity (Wildman–Crippen MR) is 81.7 cm³/mol. The van der Waals surface area contributed by atoms with Crippen molar-refractivity contribution in [2.45, 2.75) is 32.0 Å². The van der Waals surface area contributed by atoms with Gasteiger partial charge in [0.25, 0.3) is 0 Å². The molecule has 1 aromatic rings. The van der Waals surface area contributed by atoms with Gasteiger partial charge in [-0.15, -0.1) is 0 Å². The first-order valence-electron chi connectivity index (χ1n) is 6.98. The predicted octanol–water partition coefficient (Wildman–Crippen LogP) is 2.81. The maximum Gasteiger partial charge on any atom is 0.181 e. The molecule has 21 heavy (non-hydrogen) atoms. The van der Waals surface area contributed by atoms with Gasteiger partial charge in [-0.2, -0.15) is 0 Å². The molecule has 1 fully saturated rings. The quantitative estimate of drug-likeness (QED) is 0.803. The van der Waals surface area contributed by atoms with Gasteiger partial charge in [-0.3, -0.25) is 0 Å². The molecule has 0 bridgehead atoms. The molecule has 1 heterocycles. The van der Waals surface area contributed by atoms with Crippen molar-refractivity contribution in [3.05, 3.63) is 42.0 Å². The SMILES string of the molecule is CC(=CCS(=O)(=O)c1ccccc1)C1OCC(C)(C)CO1. The molecule has 0 N–H and O–H groups in total. The first-order chi connectivity index (χ1) is 9.80. The smallest absolute Gasteiger partial charge is 0.181 e. The molecule has 0 saturated carbocycles. The Bertz CT molecular complexity index is 592. The molecule has 116 valence electrons. The van der Waals surface area contributed by atoms with Crippen molar-refractivity contribution in [2.75, 3.05) is 19.0 Å². The summed E-state index contributed by atoms with van der Waals surface area (Å²) in [6.45, 7) is 7.19. The normalized spacial score (nSPS) is 20.4. The Labute approximate surface area is 126 Å². The van der Waals surface area contributed by atoms with Gasteiger partial charge in [0.2, 0.25) is 0 Å². The number of rotatable bonds is 4. The van der Waals surface area contributed by atoms with Crippen molar-refractivity contribution in [1.82, 2.24) is 0 Å². The number of sulfone groups is 1. The van der Waals surface area contributed by atoms with Gasteiger partial charge in [0.1, 0.15) is 0 Å². The molecule has 0 amide bonds. The molecular formula is C16H22O4S. The fraction of sp³-hybridized carbons (Fsp3) is 0.500. The van der Waals surface area contributed by atoms with Crippen LogP contribution in [0.25, 0.3) is 0 Å². The van der Waals surface area contributed by atoms with Gasteiger partial charge in [0.05, 0.1) is 23.9 Å². The summed E-state index contributed by atoms with van der Waals surface area (Å²) in [6.07, 6.45) is 1.23. The van der Waals surface area contributed by atoms with E-state index in [1.165, 1.54) is 0 Å². The van der Waals surface area contributed by atoms with Crippen LogP contribution in [0.3, 0.4) is 0 Å². The molecule has 1 aliphatic rings. The summed E-state index contributed by atoms with van der Waals surface area (Å²) in [5, 5.41) is 0. The van der Waals surface area contributed by atoms with E-state index in [0.29, 0.717) is 18.1 Å². The first-order valence-corrected chi connectivity index (χ1v) is 8.63. The van der Waals surface area contributed by atoms with Gasteiger partial charge in [-0.1, -0.05) is 38.1 Å². The standard InChI is InChI=1S/C16H22O4S/c1-13(15-19-11-16(2,3)12-20-15)9-10-21(17,18)14-7-5-4-6-8-14/h4-9,15H,10-12H2,1-3H3. The van der Waals surface area contributed by atoms with E-state index in [-0.39, 0.29) is 11.2 Å². The molecule has 0 radical (unpaired) electrons. The Morgan fingerprint density at radius 2 is 1.81 bits per heavy atom. The van der Waals surface area contributed by atoms with E-state index in [0.717, 1.165) is 5.57 Å². The molecule has 2 rings (SSSR count). The van der Waals surface area contributed by atoms with Gasteiger partial charge in [0.15, 0.2) is 16.1 Å². The molecule has 0 aromatic heterocycles. The highest BCUT2D eigenvalue weighted by Gasteiger charge is 2.29. The van der Waals surface area contributed by atoms with E-state index in [4.69, 9.17) is 9.47 Å². The zero-order chi connectivity index (χ0) is 15.5. The van der Waals surface area contributed by atoms with Gasteiger partial charge in [-0.25, -0.2) is 8.42 Å². The first kappa shape index (κ1) is 16.2. The van der Waals surface area contributed by atoms with Crippen molar-refractivity contribution in [1.29, 1.82) is 0 Å². The number of ether oxygens (including phenoxy) is 2. The van der Waals surface area contributed by atoms with Gasteiger partial charge in [0, 0.05) is 5.41 Å². The lowest BCUT2D eigenvalue weighted by Crippen LogP contribution is -2.38. The van der Waals surface area contributed by atoms with E-state index in [9.17, 15) is 8.42 Å². The second kappa shape index (κ2) is 6.30. The number of hydrogen-bond acceptors (Lipinski definition) is 4. The lowest BCUT2D eigenvalue weighted by Gasteiger charge is -2.35. The highest BCUT2D eigenvalue weighted by molar-refractivity contribution is 7.91. The van der Waals surface area contributed by atoms with E-state index in [1.807, 2.05) is 6.92 Å². The molecule has 5 heteroatoms. The molecule has 0 unspecified atom stereocenters. The average Bonchev–Trinajstić information content (AvgIpc) is 2.46. The van der Waals surface area contributed by atoms with E-state index >= 15 is 0 Å². The third kappa shape index (κ3) is 4.40. The summed E-state index contributed by atoms with van der Waals surface area (Å²) in [5.74, 6) is -0.0462. The van der Waals surface area contributed by atoms with Crippen LogP contribution in [-0.4, -0.2) is 33.7 Å². The maximum atomic E-state index is 12.2. The van der Waals surface area contributed by atoms with Crippen LogP contribution >= 0.6 is 0 Å². The summed E-state index contributed by atoms with van der Waals surface area (Å²) >= 11 is 0. The molecule has 4 nitrogen and oxygen atoms in total. The van der Waals surface area contributed by atoms with Gasteiger partial charge >= 0.3 is 0 Å². The number of benzene rings is 1. The lowest BCUT2D eigenvalue weighted by atomic mass is 9.95. The van der Waals surface area contributed by atoms with Gasteiger partial charge in [-0.05, 0) is 24.6 Å². The molecule has 0 atom stereocenters. The van der Waals surface area contributed by atoms with Crippen molar-refractivity contribution in [3.63, 3.8) is 0 Å². The average molecular weight is 310 g/mol. The van der Waals surface area contributed by atoms with Crippen LogP contribution in [0.4, 0.5) is 0 Å². The van der Waals surface area contributed by atoms with Crippen LogP contribution < -0.4 is 0 Å². The Morgan fingerprint density at radius 3 is 2.38 bits per heavy atom. The van der Waals surface area contributed by atoms with Crippen molar-refractivity contribution in [2.24, 2.45) is 5.41 Å². The summed E-state index contributed by atoms with van der Waals surface area (Å²) in [5.41, 5.74) is 0.803. The van der Waals surface area contributed by atoms with Crippen molar-refractivity contribution >= 4 is 9.84 Å². The monoisotopic (exact) mass is 310 g/mol. The van der Waals surface area contributed by atoms with Crippen LogP contribution in [0.2, 0.25) is 0 Å². The third-order valence-corrected chi connectivity index (χ3v) is 4.95. The zero-order valence-corrected chi connectivity index (χ0v) is 13.5. The van der Waals surface area contributed by atoms with Crippen molar-refractivity contribution < 1.29 is 17.9 Å². The third-order valence-electron chi connectivity index (χ3n) is 3.35. The fourth-order valence-corrected chi connectivity index (χ4v) is 3.26. The van der Waals surface area contributed by atoms with E-state index < -0.39 is 16.1 Å². The summed E-state index contributed by atoms with van der Waals surface area (Å²) in [4.78, 5) is 0.334. The van der Waals surface area contributed by atoms with Crippen molar-refractivity contribution in [3.8, 4) is 0 Å². The number of hydrogen-bond donors (Lipinski definition) is 0. The Morgan fingerprint density at radius 1 is 1.24 bits per heavy atom. The molecule has 0 spiro atoms. The highest BCUT2D eigenvalue weighted by Crippen LogP contribution is 2.25. The molecule has 0 aliphatic carbocycles. The molecular weight excluding hydrogens is 288 g/mol. The maximum absolute atomic E-state index is 12.2. The summed E-state index contributed by atoms with van der Waals surface area (Å²) < 4.78 is 35.7. The molecule has 1 aromatic carbocycles. The van der Waals surface area contributed by atoms with Crippen LogP contribution in [0.1, 0.15) is 20.8 Å².